The van der Waals surface area contributed by atoms with E-state index in [0.29, 0.717) is 28.0 Å². The zero-order valence-electron chi connectivity index (χ0n) is 14.3. The van der Waals surface area contributed by atoms with Crippen LogP contribution < -0.4 is 5.32 Å². The van der Waals surface area contributed by atoms with Crippen LogP contribution in [-0.4, -0.2) is 26.2 Å². The van der Waals surface area contributed by atoms with Gasteiger partial charge in [0.05, 0.1) is 17.5 Å². The number of aromatic nitrogens is 2. The molecule has 0 bridgehead atoms. The summed E-state index contributed by atoms with van der Waals surface area (Å²) < 4.78 is 13.6. The molecular weight excluding hydrogens is 322 g/mol. The zero-order chi connectivity index (χ0) is 17.3. The molecular formula is C18H23N3O2S. The largest absolute Gasteiger partial charge is 0.322 e. The number of rotatable bonds is 6. The van der Waals surface area contributed by atoms with Gasteiger partial charge in [-0.25, -0.2) is 0 Å². The molecule has 0 radical (unpaired) electrons. The van der Waals surface area contributed by atoms with Crippen LogP contribution in [0.1, 0.15) is 48.7 Å². The van der Waals surface area contributed by atoms with Gasteiger partial charge < -0.3 is 5.32 Å². The SMILES string of the molecule is CC(C)Cn1ncc(C(=O)Nc2cccc(S(C)=O)c2)c1C1CC1. The van der Waals surface area contributed by atoms with E-state index in [0.717, 1.165) is 25.1 Å². The van der Waals surface area contributed by atoms with Gasteiger partial charge in [-0.1, -0.05) is 19.9 Å². The summed E-state index contributed by atoms with van der Waals surface area (Å²) in [4.78, 5) is 13.4. The molecule has 128 valence electrons. The summed E-state index contributed by atoms with van der Waals surface area (Å²) in [5.41, 5.74) is 2.36. The zero-order valence-corrected chi connectivity index (χ0v) is 15.1. The molecule has 1 N–H and O–H groups in total. The third kappa shape index (κ3) is 3.75. The van der Waals surface area contributed by atoms with Crippen molar-refractivity contribution in [2.75, 3.05) is 11.6 Å². The Bertz CT molecular complexity index is 778. The van der Waals surface area contributed by atoms with E-state index in [1.807, 2.05) is 10.7 Å². The van der Waals surface area contributed by atoms with Crippen LogP contribution in [0.3, 0.4) is 0 Å². The summed E-state index contributed by atoms with van der Waals surface area (Å²) in [6.07, 6.45) is 5.54. The Morgan fingerprint density at radius 2 is 2.17 bits per heavy atom. The smallest absolute Gasteiger partial charge is 0.259 e. The molecule has 1 aliphatic rings. The van der Waals surface area contributed by atoms with Crippen molar-refractivity contribution in [2.24, 2.45) is 5.92 Å². The van der Waals surface area contributed by atoms with Crippen molar-refractivity contribution in [2.45, 2.75) is 44.0 Å². The Hall–Kier alpha value is -1.95. The molecule has 1 fully saturated rings. The first-order chi connectivity index (χ1) is 11.5. The first kappa shape index (κ1) is 16.9. The van der Waals surface area contributed by atoms with Crippen LogP contribution in [0.25, 0.3) is 0 Å². The second kappa shape index (κ2) is 6.89. The molecule has 0 spiro atoms. The minimum atomic E-state index is -1.07. The van der Waals surface area contributed by atoms with E-state index in [9.17, 15) is 9.00 Å². The maximum atomic E-state index is 12.7. The predicted molar refractivity (Wildman–Crippen MR) is 95.8 cm³/mol. The molecule has 5 nitrogen and oxygen atoms in total. The number of carbonyl (C=O) groups is 1. The molecule has 1 atom stereocenters. The van der Waals surface area contributed by atoms with Gasteiger partial charge in [0.15, 0.2) is 0 Å². The van der Waals surface area contributed by atoms with Gasteiger partial charge >= 0.3 is 0 Å². The maximum absolute atomic E-state index is 12.7. The number of carbonyl (C=O) groups excluding carboxylic acids is 1. The van der Waals surface area contributed by atoms with E-state index >= 15 is 0 Å². The Morgan fingerprint density at radius 1 is 1.42 bits per heavy atom. The molecule has 1 amide bonds. The number of anilines is 1. The van der Waals surface area contributed by atoms with Crippen LogP contribution >= 0.6 is 0 Å². The molecule has 1 unspecified atom stereocenters. The van der Waals surface area contributed by atoms with Crippen LogP contribution in [0, 0.1) is 5.92 Å². The number of amides is 1. The van der Waals surface area contributed by atoms with Crippen molar-refractivity contribution < 1.29 is 9.00 Å². The van der Waals surface area contributed by atoms with Gasteiger partial charge in [-0.15, -0.1) is 0 Å². The molecule has 3 rings (SSSR count). The minimum absolute atomic E-state index is 0.147. The summed E-state index contributed by atoms with van der Waals surface area (Å²) in [6.45, 7) is 5.12. The summed E-state index contributed by atoms with van der Waals surface area (Å²) in [6, 6.07) is 7.16. The quantitative estimate of drug-likeness (QED) is 0.872. The molecule has 1 heterocycles. The van der Waals surface area contributed by atoms with Gasteiger partial charge in [-0.3, -0.25) is 13.7 Å². The van der Waals surface area contributed by atoms with Gasteiger partial charge in [-0.2, -0.15) is 5.10 Å². The van der Waals surface area contributed by atoms with Gasteiger partial charge in [0.25, 0.3) is 5.91 Å². The van der Waals surface area contributed by atoms with E-state index in [1.54, 1.807) is 30.7 Å². The average molecular weight is 345 g/mol. The minimum Gasteiger partial charge on any atom is -0.322 e. The fraction of sp³-hybridized carbons (Fsp3) is 0.444. The van der Waals surface area contributed by atoms with Crippen molar-refractivity contribution >= 4 is 22.4 Å². The monoisotopic (exact) mass is 345 g/mol. The van der Waals surface area contributed by atoms with Crippen molar-refractivity contribution in [1.82, 2.24) is 9.78 Å². The maximum Gasteiger partial charge on any atom is 0.259 e. The van der Waals surface area contributed by atoms with Crippen LogP contribution in [0.4, 0.5) is 5.69 Å². The molecule has 6 heteroatoms. The van der Waals surface area contributed by atoms with Gasteiger partial charge in [-0.05, 0) is 37.0 Å². The van der Waals surface area contributed by atoms with Crippen LogP contribution in [0.2, 0.25) is 0 Å². The lowest BCUT2D eigenvalue weighted by molar-refractivity contribution is 0.102. The lowest BCUT2D eigenvalue weighted by Crippen LogP contribution is -2.16. The summed E-state index contributed by atoms with van der Waals surface area (Å²) in [7, 11) is -1.07. The summed E-state index contributed by atoms with van der Waals surface area (Å²) >= 11 is 0. The number of nitrogens with one attached hydrogen (secondary N) is 1. The molecule has 1 saturated carbocycles. The second-order valence-corrected chi connectivity index (χ2v) is 8.11. The highest BCUT2D eigenvalue weighted by atomic mass is 32.2. The van der Waals surface area contributed by atoms with Gasteiger partial charge in [0.1, 0.15) is 0 Å². The molecule has 24 heavy (non-hydrogen) atoms. The molecule has 0 saturated heterocycles. The molecule has 2 aromatic rings. The van der Waals surface area contributed by atoms with E-state index in [1.165, 1.54) is 0 Å². The molecule has 0 aliphatic heterocycles. The van der Waals surface area contributed by atoms with Crippen molar-refractivity contribution in [3.05, 3.63) is 41.7 Å². The normalized spacial score (nSPS) is 15.5. The van der Waals surface area contributed by atoms with Crippen molar-refractivity contribution in [3.8, 4) is 0 Å². The summed E-state index contributed by atoms with van der Waals surface area (Å²) in [5, 5.41) is 7.35. The lowest BCUT2D eigenvalue weighted by atomic mass is 10.1. The fourth-order valence-electron chi connectivity index (χ4n) is 2.80. The van der Waals surface area contributed by atoms with E-state index < -0.39 is 10.8 Å². The topological polar surface area (TPSA) is 64.0 Å². The van der Waals surface area contributed by atoms with E-state index in [-0.39, 0.29) is 5.91 Å². The summed E-state index contributed by atoms with van der Waals surface area (Å²) in [5.74, 6) is 0.780. The fourth-order valence-corrected chi connectivity index (χ4v) is 3.36. The number of hydrogen-bond donors (Lipinski definition) is 1. The highest BCUT2D eigenvalue weighted by molar-refractivity contribution is 7.84. The van der Waals surface area contributed by atoms with Crippen molar-refractivity contribution in [1.29, 1.82) is 0 Å². The highest BCUT2D eigenvalue weighted by Crippen LogP contribution is 2.42. The Kier molecular flexibility index (Phi) is 4.85. The first-order valence-electron chi connectivity index (χ1n) is 8.26. The average Bonchev–Trinajstić information content (AvgIpc) is 3.28. The third-order valence-corrected chi connectivity index (χ3v) is 4.97. The Balaban J connectivity index is 1.84. The van der Waals surface area contributed by atoms with E-state index in [4.69, 9.17) is 0 Å². The van der Waals surface area contributed by atoms with Crippen LogP contribution in [-0.2, 0) is 17.3 Å². The van der Waals surface area contributed by atoms with Crippen molar-refractivity contribution in [3.63, 3.8) is 0 Å². The molecule has 1 aromatic heterocycles. The van der Waals surface area contributed by atoms with E-state index in [2.05, 4.69) is 24.3 Å². The Morgan fingerprint density at radius 3 is 2.79 bits per heavy atom. The van der Waals surface area contributed by atoms with Gasteiger partial charge in [0, 0.05) is 40.1 Å². The standard InChI is InChI=1S/C18H23N3O2S/c1-12(2)11-21-17(13-7-8-13)16(10-19-21)18(22)20-14-5-4-6-15(9-14)24(3)23/h4-6,9-10,12-13H,7-8,11H2,1-3H3,(H,20,22). The Labute approximate surface area is 144 Å². The van der Waals surface area contributed by atoms with Crippen LogP contribution in [0.5, 0.6) is 0 Å². The first-order valence-corrected chi connectivity index (χ1v) is 9.82. The number of benzene rings is 1. The lowest BCUT2D eigenvalue weighted by Gasteiger charge is -2.11. The molecule has 1 aromatic carbocycles. The third-order valence-electron chi connectivity index (χ3n) is 4.05. The number of nitrogens with zero attached hydrogens (tertiary/aromatic N) is 2. The number of hydrogen-bond acceptors (Lipinski definition) is 3. The molecule has 1 aliphatic carbocycles. The van der Waals surface area contributed by atoms with Crippen LogP contribution in [0.15, 0.2) is 35.4 Å². The second-order valence-electron chi connectivity index (χ2n) is 6.73. The van der Waals surface area contributed by atoms with Gasteiger partial charge in [0.2, 0.25) is 0 Å². The highest BCUT2D eigenvalue weighted by Gasteiger charge is 2.32. The predicted octanol–water partition coefficient (Wildman–Crippen LogP) is 3.41.